The predicted molar refractivity (Wildman–Crippen MR) is 77.3 cm³/mol. The maximum atomic E-state index is 13.0. The maximum absolute atomic E-state index is 13.0. The van der Waals surface area contributed by atoms with Crippen LogP contribution in [-0.4, -0.2) is 6.04 Å². The van der Waals surface area contributed by atoms with Crippen molar-refractivity contribution in [2.45, 2.75) is 25.3 Å². The van der Waals surface area contributed by atoms with E-state index in [1.807, 2.05) is 0 Å². The minimum atomic E-state index is -0.301. The molecule has 0 saturated heterocycles. The van der Waals surface area contributed by atoms with E-state index in [1.54, 1.807) is 6.07 Å². The van der Waals surface area contributed by atoms with Crippen LogP contribution in [0.15, 0.2) is 42.5 Å². The summed E-state index contributed by atoms with van der Waals surface area (Å²) < 4.78 is 13.0. The summed E-state index contributed by atoms with van der Waals surface area (Å²) in [5.74, 6) is -0.301. The summed E-state index contributed by atoms with van der Waals surface area (Å²) in [4.78, 5) is 0. The molecule has 1 nitrogen and oxygen atoms in total. The molecule has 19 heavy (non-hydrogen) atoms. The van der Waals surface area contributed by atoms with Crippen LogP contribution in [0.1, 0.15) is 17.5 Å². The monoisotopic (exact) mass is 275 g/mol. The van der Waals surface area contributed by atoms with E-state index in [0.29, 0.717) is 11.1 Å². The first kappa shape index (κ1) is 12.5. The largest absolute Gasteiger partial charge is 0.381 e. The van der Waals surface area contributed by atoms with Gasteiger partial charge in [-0.05, 0) is 48.6 Å². The highest BCUT2D eigenvalue weighted by Gasteiger charge is 2.18. The summed E-state index contributed by atoms with van der Waals surface area (Å²) in [6.07, 6.45) is 3.14. The van der Waals surface area contributed by atoms with Crippen LogP contribution in [0.4, 0.5) is 10.1 Å². The van der Waals surface area contributed by atoms with Gasteiger partial charge in [0.25, 0.3) is 0 Å². The van der Waals surface area contributed by atoms with E-state index < -0.39 is 0 Å². The Balaban J connectivity index is 1.75. The van der Waals surface area contributed by atoms with E-state index in [-0.39, 0.29) is 5.82 Å². The molecule has 1 aliphatic carbocycles. The molecule has 1 aliphatic rings. The number of fused-ring (bicyclic) bond motifs is 1. The standard InChI is InChI=1S/C16H15ClFN/c17-15-10-13(18)6-8-16(15)19-14-7-5-11-3-1-2-4-12(11)9-14/h1-4,6,8,10,14,19H,5,7,9H2. The molecule has 1 unspecified atom stereocenters. The van der Waals surface area contributed by atoms with Gasteiger partial charge in [0.2, 0.25) is 0 Å². The molecule has 0 aliphatic heterocycles. The fourth-order valence-corrected chi connectivity index (χ4v) is 2.87. The molecule has 98 valence electrons. The van der Waals surface area contributed by atoms with Gasteiger partial charge < -0.3 is 5.32 Å². The van der Waals surface area contributed by atoms with Crippen molar-refractivity contribution in [1.29, 1.82) is 0 Å². The van der Waals surface area contributed by atoms with Gasteiger partial charge in [-0.15, -0.1) is 0 Å². The van der Waals surface area contributed by atoms with E-state index in [0.717, 1.165) is 24.9 Å². The molecule has 0 spiro atoms. The van der Waals surface area contributed by atoms with Crippen molar-refractivity contribution < 1.29 is 4.39 Å². The van der Waals surface area contributed by atoms with E-state index in [1.165, 1.54) is 23.3 Å². The smallest absolute Gasteiger partial charge is 0.124 e. The molecule has 0 saturated carbocycles. The summed E-state index contributed by atoms with van der Waals surface area (Å²) in [5, 5.41) is 3.86. The maximum Gasteiger partial charge on any atom is 0.124 e. The molecule has 0 amide bonds. The van der Waals surface area contributed by atoms with Crippen molar-refractivity contribution in [1.82, 2.24) is 0 Å². The zero-order valence-electron chi connectivity index (χ0n) is 10.5. The number of aryl methyl sites for hydroxylation is 1. The van der Waals surface area contributed by atoms with Gasteiger partial charge >= 0.3 is 0 Å². The minimum Gasteiger partial charge on any atom is -0.381 e. The highest BCUT2D eigenvalue weighted by Crippen LogP contribution is 2.27. The van der Waals surface area contributed by atoms with E-state index in [2.05, 4.69) is 29.6 Å². The van der Waals surface area contributed by atoms with Crippen LogP contribution >= 0.6 is 11.6 Å². The Kier molecular flexibility index (Phi) is 3.43. The molecule has 0 aromatic heterocycles. The molecule has 3 rings (SSSR count). The molecule has 1 atom stereocenters. The van der Waals surface area contributed by atoms with Gasteiger partial charge in [-0.3, -0.25) is 0 Å². The van der Waals surface area contributed by atoms with Gasteiger partial charge in [-0.1, -0.05) is 35.9 Å². The Morgan fingerprint density at radius 1 is 1.11 bits per heavy atom. The lowest BCUT2D eigenvalue weighted by Crippen LogP contribution is -2.27. The van der Waals surface area contributed by atoms with Crippen LogP contribution < -0.4 is 5.32 Å². The Hall–Kier alpha value is -1.54. The van der Waals surface area contributed by atoms with Crippen molar-refractivity contribution in [3.8, 4) is 0 Å². The quantitative estimate of drug-likeness (QED) is 0.854. The fraction of sp³-hybridized carbons (Fsp3) is 0.250. The van der Waals surface area contributed by atoms with Crippen LogP contribution in [0.3, 0.4) is 0 Å². The predicted octanol–water partition coefficient (Wildman–Crippen LogP) is 4.45. The third kappa shape index (κ3) is 2.74. The van der Waals surface area contributed by atoms with Gasteiger partial charge in [0, 0.05) is 6.04 Å². The van der Waals surface area contributed by atoms with E-state index in [9.17, 15) is 4.39 Å². The van der Waals surface area contributed by atoms with E-state index in [4.69, 9.17) is 11.6 Å². The normalized spacial score (nSPS) is 17.9. The highest BCUT2D eigenvalue weighted by molar-refractivity contribution is 6.33. The van der Waals surface area contributed by atoms with Crippen molar-refractivity contribution >= 4 is 17.3 Å². The molecule has 3 heteroatoms. The second-order valence-electron chi connectivity index (χ2n) is 4.98. The summed E-state index contributed by atoms with van der Waals surface area (Å²) in [5.41, 5.74) is 3.64. The zero-order valence-corrected chi connectivity index (χ0v) is 11.3. The number of anilines is 1. The van der Waals surface area contributed by atoms with E-state index >= 15 is 0 Å². The van der Waals surface area contributed by atoms with Crippen molar-refractivity contribution in [3.05, 3.63) is 64.4 Å². The highest BCUT2D eigenvalue weighted by atomic mass is 35.5. The van der Waals surface area contributed by atoms with Crippen molar-refractivity contribution in [2.24, 2.45) is 0 Å². The first-order chi connectivity index (χ1) is 9.22. The molecule has 0 bridgehead atoms. The number of nitrogens with one attached hydrogen (secondary N) is 1. The molecule has 0 fully saturated rings. The van der Waals surface area contributed by atoms with Crippen LogP contribution in [0.5, 0.6) is 0 Å². The Morgan fingerprint density at radius 3 is 2.68 bits per heavy atom. The topological polar surface area (TPSA) is 12.0 Å². The third-order valence-electron chi connectivity index (χ3n) is 3.64. The van der Waals surface area contributed by atoms with Gasteiger partial charge in [-0.2, -0.15) is 0 Å². The average molecular weight is 276 g/mol. The van der Waals surface area contributed by atoms with Gasteiger partial charge in [0.15, 0.2) is 0 Å². The lowest BCUT2D eigenvalue weighted by molar-refractivity contribution is 0.609. The second kappa shape index (κ2) is 5.22. The lowest BCUT2D eigenvalue weighted by atomic mass is 9.88. The molecule has 2 aromatic rings. The molecule has 2 aromatic carbocycles. The van der Waals surface area contributed by atoms with Crippen LogP contribution in [0.25, 0.3) is 0 Å². The number of hydrogen-bond acceptors (Lipinski definition) is 1. The average Bonchev–Trinajstić information content (AvgIpc) is 2.42. The van der Waals surface area contributed by atoms with Crippen LogP contribution in [0.2, 0.25) is 5.02 Å². The summed E-state index contributed by atoms with van der Waals surface area (Å²) in [6, 6.07) is 13.4. The Labute approximate surface area is 117 Å². The zero-order chi connectivity index (χ0) is 13.2. The van der Waals surface area contributed by atoms with Crippen LogP contribution in [-0.2, 0) is 12.8 Å². The molecule has 0 heterocycles. The van der Waals surface area contributed by atoms with Crippen molar-refractivity contribution in [3.63, 3.8) is 0 Å². The second-order valence-corrected chi connectivity index (χ2v) is 5.38. The van der Waals surface area contributed by atoms with Crippen molar-refractivity contribution in [2.75, 3.05) is 5.32 Å². The fourth-order valence-electron chi connectivity index (χ4n) is 2.65. The Morgan fingerprint density at radius 2 is 1.89 bits per heavy atom. The number of halogens is 2. The van der Waals surface area contributed by atoms with Crippen LogP contribution in [0, 0.1) is 5.82 Å². The molecular formula is C16H15ClFN. The van der Waals surface area contributed by atoms with Gasteiger partial charge in [0.1, 0.15) is 5.82 Å². The number of rotatable bonds is 2. The SMILES string of the molecule is Fc1ccc(NC2CCc3ccccc3C2)c(Cl)c1. The lowest BCUT2D eigenvalue weighted by Gasteiger charge is -2.26. The molecular weight excluding hydrogens is 261 g/mol. The summed E-state index contributed by atoms with van der Waals surface area (Å²) >= 11 is 6.05. The Bertz CT molecular complexity index is 597. The van der Waals surface area contributed by atoms with Gasteiger partial charge in [0.05, 0.1) is 10.7 Å². The first-order valence-electron chi connectivity index (χ1n) is 6.51. The number of benzene rings is 2. The summed E-state index contributed by atoms with van der Waals surface area (Å²) in [6.45, 7) is 0. The third-order valence-corrected chi connectivity index (χ3v) is 3.95. The molecule has 0 radical (unpaired) electrons. The number of hydrogen-bond donors (Lipinski definition) is 1. The van der Waals surface area contributed by atoms with Gasteiger partial charge in [-0.25, -0.2) is 4.39 Å². The summed E-state index contributed by atoms with van der Waals surface area (Å²) in [7, 11) is 0. The first-order valence-corrected chi connectivity index (χ1v) is 6.88. The minimum absolute atomic E-state index is 0.301. The molecule has 1 N–H and O–H groups in total.